The molecular formula is C19H12Cl2N2OS. The summed E-state index contributed by atoms with van der Waals surface area (Å²) >= 11 is 13.5. The number of aliphatic hydroxyl groups is 1. The predicted octanol–water partition coefficient (Wildman–Crippen LogP) is 6.24. The van der Waals surface area contributed by atoms with E-state index in [2.05, 4.69) is 4.98 Å². The van der Waals surface area contributed by atoms with Crippen molar-refractivity contribution in [3.63, 3.8) is 0 Å². The second-order valence-electron chi connectivity index (χ2n) is 5.19. The predicted molar refractivity (Wildman–Crippen MR) is 103 cm³/mol. The molecule has 0 fully saturated rings. The first kappa shape index (κ1) is 17.5. The van der Waals surface area contributed by atoms with E-state index in [9.17, 15) is 10.4 Å². The number of thiazole rings is 1. The summed E-state index contributed by atoms with van der Waals surface area (Å²) in [7, 11) is 0. The Labute approximate surface area is 159 Å². The first-order valence-corrected chi connectivity index (χ1v) is 9.03. The first-order chi connectivity index (χ1) is 12.1. The Morgan fingerprint density at radius 2 is 1.80 bits per heavy atom. The average molecular weight is 387 g/mol. The molecule has 124 valence electrons. The second-order valence-corrected chi connectivity index (χ2v) is 6.92. The van der Waals surface area contributed by atoms with Gasteiger partial charge in [0, 0.05) is 16.0 Å². The number of aromatic nitrogens is 1. The third-order valence-corrected chi connectivity index (χ3v) is 5.13. The Morgan fingerprint density at radius 3 is 2.44 bits per heavy atom. The lowest BCUT2D eigenvalue weighted by Crippen LogP contribution is -1.98. The third kappa shape index (κ3) is 3.85. The second kappa shape index (κ2) is 7.71. The van der Waals surface area contributed by atoms with Crippen LogP contribution in [0.4, 0.5) is 0 Å². The Balaban J connectivity index is 1.96. The molecule has 1 heterocycles. The highest BCUT2D eigenvalue weighted by Gasteiger charge is 2.21. The molecule has 0 saturated heterocycles. The van der Waals surface area contributed by atoms with Gasteiger partial charge in [-0.15, -0.1) is 22.9 Å². The van der Waals surface area contributed by atoms with Gasteiger partial charge in [-0.1, -0.05) is 54.1 Å². The molecule has 1 unspecified atom stereocenters. The van der Waals surface area contributed by atoms with Crippen LogP contribution in [0.1, 0.15) is 15.9 Å². The van der Waals surface area contributed by atoms with Crippen molar-refractivity contribution in [3.05, 3.63) is 81.3 Å². The summed E-state index contributed by atoms with van der Waals surface area (Å²) < 4.78 is 0. The average Bonchev–Trinajstić information content (AvgIpc) is 3.12. The minimum absolute atomic E-state index is 0.0778. The van der Waals surface area contributed by atoms with Gasteiger partial charge in [0.25, 0.3) is 0 Å². The van der Waals surface area contributed by atoms with Crippen molar-refractivity contribution in [2.24, 2.45) is 0 Å². The molecule has 0 bridgehead atoms. The van der Waals surface area contributed by atoms with Crippen molar-refractivity contribution >= 4 is 40.1 Å². The van der Waals surface area contributed by atoms with Crippen LogP contribution in [0.3, 0.4) is 0 Å². The third-order valence-electron chi connectivity index (χ3n) is 3.56. The molecule has 0 aliphatic carbocycles. The van der Waals surface area contributed by atoms with Crippen LogP contribution in [-0.2, 0) is 0 Å². The maximum Gasteiger partial charge on any atom is 0.138 e. The monoisotopic (exact) mass is 386 g/mol. The molecule has 0 aliphatic rings. The topological polar surface area (TPSA) is 56.9 Å². The van der Waals surface area contributed by atoms with Crippen molar-refractivity contribution in [1.29, 1.82) is 5.26 Å². The zero-order valence-electron chi connectivity index (χ0n) is 12.9. The summed E-state index contributed by atoms with van der Waals surface area (Å²) in [5, 5.41) is 22.0. The summed E-state index contributed by atoms with van der Waals surface area (Å²) in [6.45, 7) is 0. The summed E-state index contributed by atoms with van der Waals surface area (Å²) in [6, 6.07) is 18.4. The van der Waals surface area contributed by atoms with E-state index in [0.717, 1.165) is 5.56 Å². The molecule has 6 heteroatoms. The molecule has 3 nitrogen and oxygen atoms in total. The van der Waals surface area contributed by atoms with Gasteiger partial charge in [0.15, 0.2) is 0 Å². The van der Waals surface area contributed by atoms with Gasteiger partial charge in [0.2, 0.25) is 0 Å². The van der Waals surface area contributed by atoms with E-state index < -0.39 is 5.38 Å². The smallest absolute Gasteiger partial charge is 0.138 e. The van der Waals surface area contributed by atoms with E-state index in [-0.39, 0.29) is 11.3 Å². The van der Waals surface area contributed by atoms with Crippen LogP contribution in [0.5, 0.6) is 0 Å². The molecule has 2 aromatic carbocycles. The molecule has 1 atom stereocenters. The lowest BCUT2D eigenvalue weighted by Gasteiger charge is -2.10. The molecule has 0 radical (unpaired) electrons. The fraction of sp³-hybridized carbons (Fsp3) is 0.0526. The van der Waals surface area contributed by atoms with Gasteiger partial charge in [-0.3, -0.25) is 0 Å². The van der Waals surface area contributed by atoms with Gasteiger partial charge in [-0.2, -0.15) is 5.26 Å². The van der Waals surface area contributed by atoms with Crippen molar-refractivity contribution in [2.75, 3.05) is 0 Å². The quantitative estimate of drug-likeness (QED) is 0.328. The Bertz CT molecular complexity index is 944. The van der Waals surface area contributed by atoms with Crippen molar-refractivity contribution in [3.8, 4) is 17.3 Å². The Morgan fingerprint density at radius 1 is 1.12 bits per heavy atom. The van der Waals surface area contributed by atoms with E-state index in [1.54, 1.807) is 24.3 Å². The molecule has 1 aromatic heterocycles. The molecule has 25 heavy (non-hydrogen) atoms. The van der Waals surface area contributed by atoms with Crippen LogP contribution in [0, 0.1) is 11.3 Å². The van der Waals surface area contributed by atoms with E-state index in [1.807, 2.05) is 41.8 Å². The normalized spacial score (nSPS) is 13.0. The zero-order valence-corrected chi connectivity index (χ0v) is 15.2. The number of rotatable bonds is 4. The molecule has 0 spiro atoms. The van der Waals surface area contributed by atoms with Crippen molar-refractivity contribution < 1.29 is 5.11 Å². The number of aliphatic hydroxyl groups excluding tert-OH is 1. The highest BCUT2D eigenvalue weighted by molar-refractivity contribution is 7.11. The van der Waals surface area contributed by atoms with Crippen LogP contribution in [0.2, 0.25) is 5.02 Å². The number of hydrogen-bond donors (Lipinski definition) is 1. The van der Waals surface area contributed by atoms with Crippen molar-refractivity contribution in [2.45, 2.75) is 5.38 Å². The van der Waals surface area contributed by atoms with E-state index in [1.165, 1.54) is 11.3 Å². The van der Waals surface area contributed by atoms with Crippen LogP contribution < -0.4 is 0 Å². The fourth-order valence-corrected chi connectivity index (χ4v) is 3.47. The molecular weight excluding hydrogens is 375 g/mol. The van der Waals surface area contributed by atoms with Gasteiger partial charge in [-0.05, 0) is 17.7 Å². The largest absolute Gasteiger partial charge is 0.509 e. The minimum Gasteiger partial charge on any atom is -0.509 e. The summed E-state index contributed by atoms with van der Waals surface area (Å²) in [5.41, 5.74) is 2.38. The number of hydrogen-bond acceptors (Lipinski definition) is 4. The number of allylic oxidation sites excluding steroid dienone is 2. The van der Waals surface area contributed by atoms with Crippen LogP contribution >= 0.6 is 34.5 Å². The number of nitrogens with zero attached hydrogens (tertiary/aromatic N) is 2. The molecule has 3 aromatic rings. The van der Waals surface area contributed by atoms with Gasteiger partial charge in [0.05, 0.1) is 5.69 Å². The maximum absolute atomic E-state index is 10.5. The lowest BCUT2D eigenvalue weighted by molar-refractivity contribution is 0.397. The molecule has 3 rings (SSSR count). The summed E-state index contributed by atoms with van der Waals surface area (Å²) in [4.78, 5) is 4.45. The highest BCUT2D eigenvalue weighted by atomic mass is 35.5. The van der Waals surface area contributed by atoms with Crippen LogP contribution in [0.15, 0.2) is 65.7 Å². The van der Waals surface area contributed by atoms with Gasteiger partial charge in [0.1, 0.15) is 27.8 Å². The number of benzene rings is 2. The zero-order chi connectivity index (χ0) is 17.8. The molecule has 1 N–H and O–H groups in total. The van der Waals surface area contributed by atoms with Gasteiger partial charge >= 0.3 is 0 Å². The number of halogens is 2. The maximum atomic E-state index is 10.5. The van der Waals surface area contributed by atoms with E-state index >= 15 is 0 Å². The SMILES string of the molecule is N#CC(=C(O)C(Cl)c1ccccc1)c1nc(-c2ccc(Cl)cc2)cs1. The minimum atomic E-state index is -0.807. The summed E-state index contributed by atoms with van der Waals surface area (Å²) in [5.74, 6) is -0.202. The Hall–Kier alpha value is -2.32. The lowest BCUT2D eigenvalue weighted by atomic mass is 10.1. The Kier molecular flexibility index (Phi) is 5.40. The number of nitriles is 1. The molecule has 0 aliphatic heterocycles. The van der Waals surface area contributed by atoms with Gasteiger partial charge < -0.3 is 5.11 Å². The van der Waals surface area contributed by atoms with Crippen LogP contribution in [-0.4, -0.2) is 10.1 Å². The van der Waals surface area contributed by atoms with Gasteiger partial charge in [-0.25, -0.2) is 4.98 Å². The highest BCUT2D eigenvalue weighted by Crippen LogP contribution is 2.34. The van der Waals surface area contributed by atoms with E-state index in [4.69, 9.17) is 23.2 Å². The summed E-state index contributed by atoms with van der Waals surface area (Å²) in [6.07, 6.45) is 0. The van der Waals surface area contributed by atoms with Crippen molar-refractivity contribution in [1.82, 2.24) is 4.98 Å². The fourth-order valence-electron chi connectivity index (χ4n) is 2.26. The molecule has 0 saturated carbocycles. The van der Waals surface area contributed by atoms with E-state index in [0.29, 0.717) is 21.3 Å². The number of alkyl halides is 1. The standard InChI is InChI=1S/C19H12Cl2N2OS/c20-14-8-6-12(7-9-14)16-11-25-19(23-16)15(10-22)18(24)17(21)13-4-2-1-3-5-13/h1-9,11,17,24H. The first-order valence-electron chi connectivity index (χ1n) is 7.34. The molecule has 0 amide bonds. The van der Waals surface area contributed by atoms with Crippen LogP contribution in [0.25, 0.3) is 16.8 Å².